The Labute approximate surface area is 175 Å². The van der Waals surface area contributed by atoms with E-state index in [0.29, 0.717) is 0 Å². The van der Waals surface area contributed by atoms with Crippen LogP contribution in [0.3, 0.4) is 0 Å². The Morgan fingerprint density at radius 3 is 2.37 bits per heavy atom. The average Bonchev–Trinajstić information content (AvgIpc) is 3.24. The zero-order chi connectivity index (χ0) is 21.1. The van der Waals surface area contributed by atoms with Gasteiger partial charge in [-0.25, -0.2) is 13.8 Å². The van der Waals surface area contributed by atoms with Crippen LogP contribution in [0.1, 0.15) is 36.1 Å². The van der Waals surface area contributed by atoms with Gasteiger partial charge in [-0.1, -0.05) is 49.7 Å². The van der Waals surface area contributed by atoms with Crippen molar-refractivity contribution in [3.8, 4) is 16.9 Å². The minimum atomic E-state index is -0.674. The number of benzene rings is 3. The molecule has 30 heavy (non-hydrogen) atoms. The Hall–Kier alpha value is -3.21. The molecule has 3 aromatic rings. The van der Waals surface area contributed by atoms with Crippen LogP contribution in [0.5, 0.6) is 5.75 Å². The summed E-state index contributed by atoms with van der Waals surface area (Å²) in [6.07, 6.45) is 2.00. The van der Waals surface area contributed by atoms with Gasteiger partial charge >= 0.3 is 0 Å². The molecule has 0 aromatic heterocycles. The number of hydrogen-bond donors (Lipinski definition) is 0. The number of rotatable bonds is 6. The van der Waals surface area contributed by atoms with Crippen molar-refractivity contribution < 1.29 is 18.3 Å². The van der Waals surface area contributed by atoms with Crippen molar-refractivity contribution in [3.63, 3.8) is 0 Å². The van der Waals surface area contributed by atoms with E-state index >= 15 is 0 Å². The summed E-state index contributed by atoms with van der Waals surface area (Å²) in [6, 6.07) is 17.7. The second-order valence-corrected chi connectivity index (χ2v) is 7.26. The molecule has 0 saturated carbocycles. The number of methoxy groups -OCH3 is 1. The molecule has 0 fully saturated rings. The Morgan fingerprint density at radius 1 is 1.00 bits per heavy atom. The Morgan fingerprint density at radius 2 is 1.70 bits per heavy atom. The largest absolute Gasteiger partial charge is 0.496 e. The first-order valence-electron chi connectivity index (χ1n) is 10.0. The van der Waals surface area contributed by atoms with Crippen molar-refractivity contribution in [1.29, 1.82) is 0 Å². The van der Waals surface area contributed by atoms with Crippen LogP contribution in [0.15, 0.2) is 65.7 Å². The number of aryl methyl sites for hydroxylation is 1. The zero-order valence-corrected chi connectivity index (χ0v) is 17.0. The first-order chi connectivity index (χ1) is 14.6. The van der Waals surface area contributed by atoms with Crippen molar-refractivity contribution in [2.45, 2.75) is 25.8 Å². The average molecular weight is 407 g/mol. The molecule has 0 saturated heterocycles. The fourth-order valence-corrected chi connectivity index (χ4v) is 3.70. The lowest BCUT2D eigenvalue weighted by Crippen LogP contribution is -2.07. The van der Waals surface area contributed by atoms with E-state index in [2.05, 4.69) is 18.0 Å². The molecule has 0 bridgehead atoms. The van der Waals surface area contributed by atoms with Crippen molar-refractivity contribution in [1.82, 2.24) is 0 Å². The van der Waals surface area contributed by atoms with Crippen LogP contribution in [0.2, 0.25) is 0 Å². The molecule has 3 nitrogen and oxygen atoms in total. The Balaban J connectivity index is 1.57. The monoisotopic (exact) mass is 407 g/mol. The minimum absolute atomic E-state index is 0.0130. The van der Waals surface area contributed by atoms with Crippen LogP contribution in [-0.4, -0.2) is 19.6 Å². The quantitative estimate of drug-likeness (QED) is 0.493. The molecular weight excluding hydrogens is 384 g/mol. The van der Waals surface area contributed by atoms with E-state index in [1.165, 1.54) is 23.8 Å². The third kappa shape index (κ3) is 3.92. The van der Waals surface area contributed by atoms with E-state index in [0.717, 1.165) is 35.3 Å². The first-order valence-corrected chi connectivity index (χ1v) is 10.0. The van der Waals surface area contributed by atoms with Crippen molar-refractivity contribution in [3.05, 3.63) is 89.0 Å². The van der Waals surface area contributed by atoms with Crippen LogP contribution in [-0.2, 0) is 11.2 Å². The SMILES string of the molecule is CCCc1cc(-c2ccc(C3COC(c4c(F)cccc4F)=N3)cc2)ccc1OC. The molecule has 1 atom stereocenters. The predicted octanol–water partition coefficient (Wildman–Crippen LogP) is 6.11. The lowest BCUT2D eigenvalue weighted by molar-refractivity contribution is 0.317. The molecule has 154 valence electrons. The lowest BCUT2D eigenvalue weighted by atomic mass is 9.98. The standard InChI is InChI=1S/C25H23F2NO2/c1-3-5-19-14-18(12-13-23(19)29-2)16-8-10-17(11-9-16)22-15-30-25(28-22)24-20(26)6-4-7-21(24)27/h4,6-14,22H,3,5,15H2,1-2H3. The van der Waals surface area contributed by atoms with Crippen LogP contribution < -0.4 is 4.74 Å². The van der Waals surface area contributed by atoms with Gasteiger partial charge in [0.15, 0.2) is 0 Å². The lowest BCUT2D eigenvalue weighted by Gasteiger charge is -2.11. The fraction of sp³-hybridized carbons (Fsp3) is 0.240. The van der Waals surface area contributed by atoms with Gasteiger partial charge in [0, 0.05) is 0 Å². The molecule has 0 amide bonds. The van der Waals surface area contributed by atoms with Crippen LogP contribution in [0.4, 0.5) is 8.78 Å². The van der Waals surface area contributed by atoms with E-state index in [4.69, 9.17) is 9.47 Å². The number of nitrogens with zero attached hydrogens (tertiary/aromatic N) is 1. The van der Waals surface area contributed by atoms with Gasteiger partial charge in [-0.3, -0.25) is 0 Å². The molecular formula is C25H23F2NO2. The normalized spacial score (nSPS) is 15.6. The summed E-state index contributed by atoms with van der Waals surface area (Å²) in [5.41, 5.74) is 4.12. The number of aliphatic imine (C=N–C) groups is 1. The molecule has 4 rings (SSSR count). The van der Waals surface area contributed by atoms with Gasteiger partial charge in [0.05, 0.1) is 7.11 Å². The van der Waals surface area contributed by atoms with Gasteiger partial charge in [-0.2, -0.15) is 0 Å². The van der Waals surface area contributed by atoms with Crippen molar-refractivity contribution in [2.24, 2.45) is 4.99 Å². The van der Waals surface area contributed by atoms with E-state index in [9.17, 15) is 8.78 Å². The summed E-state index contributed by atoms with van der Waals surface area (Å²) < 4.78 is 39.0. The second kappa shape index (κ2) is 8.66. The maximum Gasteiger partial charge on any atom is 0.222 e. The Bertz CT molecular complexity index is 1060. The highest BCUT2D eigenvalue weighted by Gasteiger charge is 2.26. The van der Waals surface area contributed by atoms with Gasteiger partial charge in [-0.05, 0) is 52.9 Å². The van der Waals surface area contributed by atoms with Gasteiger partial charge in [0.1, 0.15) is 35.6 Å². The highest BCUT2D eigenvalue weighted by atomic mass is 19.1. The maximum atomic E-state index is 14.0. The van der Waals surface area contributed by atoms with E-state index < -0.39 is 11.6 Å². The summed E-state index contributed by atoms with van der Waals surface area (Å²) >= 11 is 0. The maximum absolute atomic E-state index is 14.0. The van der Waals surface area contributed by atoms with Gasteiger partial charge in [0.2, 0.25) is 5.90 Å². The van der Waals surface area contributed by atoms with Crippen LogP contribution in [0, 0.1) is 11.6 Å². The van der Waals surface area contributed by atoms with E-state index in [1.807, 2.05) is 36.4 Å². The van der Waals surface area contributed by atoms with Gasteiger partial charge in [-0.15, -0.1) is 0 Å². The Kier molecular flexibility index (Phi) is 5.79. The molecule has 1 aliphatic heterocycles. The summed E-state index contributed by atoms with van der Waals surface area (Å²) in [5.74, 6) is -0.430. The molecule has 1 aliphatic rings. The molecule has 0 radical (unpaired) electrons. The molecule has 0 aliphatic carbocycles. The molecule has 0 N–H and O–H groups in total. The van der Waals surface area contributed by atoms with E-state index in [-0.39, 0.29) is 24.1 Å². The predicted molar refractivity (Wildman–Crippen MR) is 114 cm³/mol. The summed E-state index contributed by atoms with van der Waals surface area (Å²) in [7, 11) is 1.69. The third-order valence-corrected chi connectivity index (χ3v) is 5.26. The van der Waals surface area contributed by atoms with Crippen molar-refractivity contribution in [2.75, 3.05) is 13.7 Å². The first kappa shape index (κ1) is 20.1. The molecule has 5 heteroatoms. The second-order valence-electron chi connectivity index (χ2n) is 7.26. The van der Waals surface area contributed by atoms with E-state index in [1.54, 1.807) is 7.11 Å². The van der Waals surface area contributed by atoms with Crippen LogP contribution in [0.25, 0.3) is 11.1 Å². The minimum Gasteiger partial charge on any atom is -0.496 e. The number of ether oxygens (including phenoxy) is 2. The van der Waals surface area contributed by atoms with Gasteiger partial charge in [0.25, 0.3) is 0 Å². The summed E-state index contributed by atoms with van der Waals surface area (Å²) in [5, 5.41) is 0. The number of hydrogen-bond acceptors (Lipinski definition) is 3. The number of halogens is 2. The molecule has 1 heterocycles. The zero-order valence-electron chi connectivity index (χ0n) is 17.0. The summed E-state index contributed by atoms with van der Waals surface area (Å²) in [6.45, 7) is 2.40. The summed E-state index contributed by atoms with van der Waals surface area (Å²) in [4.78, 5) is 4.41. The smallest absolute Gasteiger partial charge is 0.222 e. The highest BCUT2D eigenvalue weighted by molar-refractivity contribution is 5.95. The fourth-order valence-electron chi connectivity index (χ4n) is 3.70. The third-order valence-electron chi connectivity index (χ3n) is 5.26. The highest BCUT2D eigenvalue weighted by Crippen LogP contribution is 2.31. The van der Waals surface area contributed by atoms with Crippen molar-refractivity contribution >= 4 is 5.90 Å². The molecule has 3 aromatic carbocycles. The molecule has 1 unspecified atom stereocenters. The van der Waals surface area contributed by atoms with Gasteiger partial charge < -0.3 is 9.47 Å². The topological polar surface area (TPSA) is 30.8 Å². The van der Waals surface area contributed by atoms with Crippen LogP contribution >= 0.6 is 0 Å². The molecule has 0 spiro atoms.